The molecule has 0 bridgehead atoms. The molecule has 0 aromatic heterocycles. The van der Waals surface area contributed by atoms with Crippen LogP contribution in [0.4, 0.5) is 5.69 Å². The molecule has 0 spiro atoms. The van der Waals surface area contributed by atoms with E-state index in [1.54, 1.807) is 11.1 Å². The Morgan fingerprint density at radius 2 is 1.48 bits per heavy atom. The van der Waals surface area contributed by atoms with Gasteiger partial charge in [0, 0.05) is 38.9 Å². The summed E-state index contributed by atoms with van der Waals surface area (Å²) in [4.78, 5) is 10.0. The Kier molecular flexibility index (Phi) is 11.2. The van der Waals surface area contributed by atoms with E-state index < -0.39 is 5.66 Å². The first-order valence-corrected chi connectivity index (χ1v) is 26.9. The molecular weight excluding hydrogens is 857 g/mol. The van der Waals surface area contributed by atoms with Crippen LogP contribution in [0.2, 0.25) is 0 Å². The van der Waals surface area contributed by atoms with Crippen molar-refractivity contribution in [2.24, 2.45) is 10.9 Å². The van der Waals surface area contributed by atoms with E-state index >= 15 is 0 Å². The van der Waals surface area contributed by atoms with Crippen molar-refractivity contribution in [2.45, 2.75) is 117 Å². The second kappa shape index (κ2) is 18.0. The van der Waals surface area contributed by atoms with E-state index in [0.29, 0.717) is 29.0 Å². The lowest BCUT2D eigenvalue weighted by atomic mass is 9.73. The highest BCUT2D eigenvalue weighted by Gasteiger charge is 2.46. The molecule has 13 rings (SSSR count). The molecule has 5 aromatic carbocycles. The summed E-state index contributed by atoms with van der Waals surface area (Å²) in [6, 6.07) is 42.2. The van der Waals surface area contributed by atoms with Crippen molar-refractivity contribution >= 4 is 28.9 Å². The molecule has 5 heteroatoms. The maximum Gasteiger partial charge on any atom is 0.132 e. The van der Waals surface area contributed by atoms with Gasteiger partial charge in [-0.2, -0.15) is 0 Å². The summed E-state index contributed by atoms with van der Waals surface area (Å²) in [5.41, 5.74) is 17.0. The first-order valence-electron chi connectivity index (χ1n) is 26.0. The Balaban J connectivity index is 0.957. The minimum absolute atomic E-state index is 0.110. The van der Waals surface area contributed by atoms with Gasteiger partial charge in [0.15, 0.2) is 0 Å². The van der Waals surface area contributed by atoms with Crippen LogP contribution < -0.4 is 15.5 Å². The molecule has 1 fully saturated rings. The fourth-order valence-electron chi connectivity index (χ4n) is 13.1. The van der Waals surface area contributed by atoms with E-state index in [2.05, 4.69) is 216 Å². The van der Waals surface area contributed by atoms with Crippen molar-refractivity contribution in [3.8, 4) is 22.3 Å². The quantitative estimate of drug-likeness (QED) is 0.152. The van der Waals surface area contributed by atoms with E-state index in [9.17, 15) is 0 Å². The molecule has 0 amide bonds. The number of allylic oxidation sites excluding steroid dienone is 12. The molecule has 5 aliphatic carbocycles. The van der Waals surface area contributed by atoms with E-state index in [1.165, 1.54) is 105 Å². The fraction of sp³-hybridized carbons (Fsp3) is 0.297. The lowest BCUT2D eigenvalue weighted by Crippen LogP contribution is -2.62. The van der Waals surface area contributed by atoms with E-state index in [0.717, 1.165) is 31.5 Å². The predicted octanol–water partition coefficient (Wildman–Crippen LogP) is 15.4. The molecule has 8 aliphatic rings. The summed E-state index contributed by atoms with van der Waals surface area (Å²) in [5.74, 6) is 2.54. The van der Waals surface area contributed by atoms with Crippen molar-refractivity contribution in [1.82, 2.24) is 10.6 Å². The van der Waals surface area contributed by atoms with Gasteiger partial charge in [-0.05, 0) is 163 Å². The van der Waals surface area contributed by atoms with Crippen molar-refractivity contribution in [1.29, 1.82) is 0 Å². The Hall–Kier alpha value is -6.14. The topological polar surface area (TPSA) is 39.7 Å². The normalized spacial score (nSPS) is 28.5. The van der Waals surface area contributed by atoms with Crippen LogP contribution in [0, 0.1) is 5.92 Å². The molecule has 8 unspecified atom stereocenters. The molecule has 5 aromatic rings. The van der Waals surface area contributed by atoms with Gasteiger partial charge in [0.25, 0.3) is 0 Å². The van der Waals surface area contributed by atoms with Gasteiger partial charge >= 0.3 is 0 Å². The first-order chi connectivity index (χ1) is 34.1. The highest BCUT2D eigenvalue weighted by Crippen LogP contribution is 2.61. The Morgan fingerprint density at radius 3 is 2.29 bits per heavy atom. The largest absolute Gasteiger partial charge is 0.348 e. The lowest BCUT2D eigenvalue weighted by Gasteiger charge is -2.43. The monoisotopic (exact) mass is 918 g/mol. The van der Waals surface area contributed by atoms with Gasteiger partial charge in [-0.25, -0.2) is 4.99 Å². The summed E-state index contributed by atoms with van der Waals surface area (Å²) >= 11 is 2.19. The van der Waals surface area contributed by atoms with E-state index in [1.807, 2.05) is 0 Å². The van der Waals surface area contributed by atoms with Crippen LogP contribution in [0.15, 0.2) is 198 Å². The fourth-order valence-corrected chi connectivity index (χ4v) is 14.8. The Labute approximate surface area is 413 Å². The first kappa shape index (κ1) is 42.9. The van der Waals surface area contributed by atoms with Crippen molar-refractivity contribution in [3.05, 3.63) is 221 Å². The second-order valence-electron chi connectivity index (χ2n) is 20.7. The van der Waals surface area contributed by atoms with E-state index in [4.69, 9.17) is 4.99 Å². The lowest BCUT2D eigenvalue weighted by molar-refractivity contribution is 0.243. The number of hydrogen-bond acceptors (Lipinski definition) is 5. The molecule has 0 radical (unpaired) electrons. The number of rotatable bonds is 8. The predicted molar refractivity (Wildman–Crippen MR) is 290 cm³/mol. The Morgan fingerprint density at radius 1 is 0.652 bits per heavy atom. The smallest absolute Gasteiger partial charge is 0.132 e. The Bertz CT molecular complexity index is 3060. The van der Waals surface area contributed by atoms with Crippen LogP contribution in [-0.2, 0) is 5.66 Å². The van der Waals surface area contributed by atoms with Crippen LogP contribution in [0.1, 0.15) is 122 Å². The average Bonchev–Trinajstić information content (AvgIpc) is 3.96. The van der Waals surface area contributed by atoms with Gasteiger partial charge in [-0.3, -0.25) is 5.32 Å². The zero-order valence-corrected chi connectivity index (χ0v) is 40.6. The summed E-state index contributed by atoms with van der Waals surface area (Å²) in [7, 11) is 0. The highest BCUT2D eigenvalue weighted by molar-refractivity contribution is 8.00. The highest BCUT2D eigenvalue weighted by atomic mass is 32.2. The third-order valence-corrected chi connectivity index (χ3v) is 18.1. The number of nitrogens with one attached hydrogen (secondary N) is 2. The number of amidine groups is 1. The van der Waals surface area contributed by atoms with Crippen LogP contribution in [0.3, 0.4) is 0 Å². The van der Waals surface area contributed by atoms with Gasteiger partial charge in [-0.15, -0.1) is 11.8 Å². The molecule has 2 N–H and O–H groups in total. The number of hydrogen-bond donors (Lipinski definition) is 2. The zero-order chi connectivity index (χ0) is 45.9. The molecule has 344 valence electrons. The molecular formula is C64H62N4S. The van der Waals surface area contributed by atoms with Crippen LogP contribution in [0.5, 0.6) is 0 Å². The minimum Gasteiger partial charge on any atom is -0.348 e. The maximum absolute atomic E-state index is 5.78. The molecule has 4 nitrogen and oxygen atoms in total. The third-order valence-electron chi connectivity index (χ3n) is 16.5. The number of anilines is 1. The minimum atomic E-state index is -0.545. The van der Waals surface area contributed by atoms with Gasteiger partial charge in [0.2, 0.25) is 0 Å². The second-order valence-corrected chi connectivity index (χ2v) is 22.0. The standard InChI is InChI=1S/C64H62N4S/c1-64(47-26-13-5-14-27-47)66-62(44-24-11-4-12-25-44)65-63(67-64)57-39-46(54-38-45(42-20-7-2-8-21-42)34-36-49(54)43-22-9-3-10-23-43)35-37-50(57)52-31-19-32-53-56-40-59-55(41-60(56)69-61(52)53)51-30-17-18-33-58(51)68(59)48-28-15-6-16-29-48/h2,4-5,7-9,11-15,17-18,20-24,26-28,33-41,44,48,51-53,61-62,66H,3,6,10,16,19,25,29-32H2,1H3,(H,65,67). The third kappa shape index (κ3) is 7.77. The van der Waals surface area contributed by atoms with Gasteiger partial charge in [0.05, 0.1) is 6.04 Å². The van der Waals surface area contributed by atoms with Gasteiger partial charge in [-0.1, -0.05) is 158 Å². The zero-order valence-electron chi connectivity index (χ0n) is 39.7. The summed E-state index contributed by atoms with van der Waals surface area (Å²) in [5, 5.41) is 8.61. The number of fused-ring (bicyclic) bond motifs is 6. The number of aliphatic imine (C=N–C) groups is 1. The summed E-state index contributed by atoms with van der Waals surface area (Å²) in [6.45, 7) is 2.31. The summed E-state index contributed by atoms with van der Waals surface area (Å²) < 4.78 is 0. The SMILES string of the molecule is CC1(c2ccccc2)NC(c2cc(-c3cc(-c4ccccc4)ccc3C3=CCCC=C3)ccc2C2CCCC3c4cc5c(cc4SC32)C2CC=CC=C2N5C2C=CCCC2)=NC(C2C=CC=CC2)N1. The van der Waals surface area contributed by atoms with Crippen molar-refractivity contribution in [3.63, 3.8) is 0 Å². The molecule has 1 saturated carbocycles. The van der Waals surface area contributed by atoms with E-state index in [-0.39, 0.29) is 12.1 Å². The molecule has 69 heavy (non-hydrogen) atoms. The average molecular weight is 919 g/mol. The molecule has 8 atom stereocenters. The van der Waals surface area contributed by atoms with Crippen LogP contribution in [0.25, 0.3) is 27.8 Å². The number of nitrogens with zero attached hydrogens (tertiary/aromatic N) is 2. The molecule has 3 heterocycles. The molecule has 3 aliphatic heterocycles. The van der Waals surface area contributed by atoms with Crippen LogP contribution in [-0.4, -0.2) is 23.3 Å². The maximum atomic E-state index is 5.78. The summed E-state index contributed by atoms with van der Waals surface area (Å²) in [6.07, 6.45) is 39.5. The van der Waals surface area contributed by atoms with Gasteiger partial charge < -0.3 is 10.2 Å². The number of benzene rings is 5. The van der Waals surface area contributed by atoms with Crippen LogP contribution >= 0.6 is 11.8 Å². The molecule has 0 saturated heterocycles. The van der Waals surface area contributed by atoms with Crippen molar-refractivity contribution < 1.29 is 0 Å². The number of thioether (sulfide) groups is 1. The van der Waals surface area contributed by atoms with Crippen molar-refractivity contribution in [2.75, 3.05) is 4.90 Å². The van der Waals surface area contributed by atoms with Gasteiger partial charge in [0.1, 0.15) is 17.7 Å².